The van der Waals surface area contributed by atoms with Crippen LogP contribution in [0.3, 0.4) is 0 Å². The maximum atomic E-state index is 12.1. The first-order chi connectivity index (χ1) is 16.0. The molecule has 0 bridgehead atoms. The summed E-state index contributed by atoms with van der Waals surface area (Å²) < 4.78 is 0. The molecule has 33 heavy (non-hydrogen) atoms. The van der Waals surface area contributed by atoms with Crippen molar-refractivity contribution in [2.45, 2.75) is 45.7 Å². The summed E-state index contributed by atoms with van der Waals surface area (Å²) in [6.07, 6.45) is 1.81. The van der Waals surface area contributed by atoms with Crippen LogP contribution in [0.5, 0.6) is 0 Å². The number of piperidine rings is 1. The lowest BCUT2D eigenvalue weighted by Crippen LogP contribution is -2.41. The molecule has 0 aliphatic carbocycles. The maximum absolute atomic E-state index is 12.1. The highest BCUT2D eigenvalue weighted by Gasteiger charge is 2.25. The van der Waals surface area contributed by atoms with Gasteiger partial charge in [0.05, 0.1) is 0 Å². The van der Waals surface area contributed by atoms with Crippen LogP contribution in [-0.2, 0) is 17.9 Å². The monoisotopic (exact) mass is 447 g/mol. The zero-order valence-corrected chi connectivity index (χ0v) is 20.1. The Bertz CT molecular complexity index is 978. The van der Waals surface area contributed by atoms with Gasteiger partial charge in [0.15, 0.2) is 5.96 Å². The summed E-state index contributed by atoms with van der Waals surface area (Å²) in [6.45, 7) is 9.44. The van der Waals surface area contributed by atoms with E-state index in [0.717, 1.165) is 36.6 Å². The molecule has 4 rings (SSSR count). The van der Waals surface area contributed by atoms with Crippen molar-refractivity contribution in [3.05, 3.63) is 65.2 Å². The first-order valence-electron chi connectivity index (χ1n) is 12.1. The molecule has 2 aliphatic rings. The number of benzene rings is 2. The number of carbonyl (C=O) groups is 1. The number of rotatable bonds is 6. The van der Waals surface area contributed by atoms with Crippen LogP contribution >= 0.6 is 0 Å². The molecule has 3 unspecified atom stereocenters. The Kier molecular flexibility index (Phi) is 7.65. The first kappa shape index (κ1) is 23.3. The molecule has 176 valence electrons. The second-order valence-corrected chi connectivity index (χ2v) is 9.75. The topological polar surface area (TPSA) is 68.8 Å². The number of hydrogen-bond donors (Lipinski definition) is 3. The SMILES string of the molecule is CN=C(NCc1ccccc1CN1CC(C)CC(C)C1)NCC1CC(=O)Nc2ccccc21. The third kappa shape index (κ3) is 6.14. The molecule has 0 saturated carbocycles. The highest BCUT2D eigenvalue weighted by molar-refractivity contribution is 5.94. The molecule has 0 spiro atoms. The Morgan fingerprint density at radius 2 is 1.73 bits per heavy atom. The van der Waals surface area contributed by atoms with Gasteiger partial charge in [-0.15, -0.1) is 0 Å². The molecular weight excluding hydrogens is 410 g/mol. The molecule has 0 radical (unpaired) electrons. The first-order valence-corrected chi connectivity index (χ1v) is 12.1. The fourth-order valence-corrected chi connectivity index (χ4v) is 5.35. The van der Waals surface area contributed by atoms with Gasteiger partial charge in [-0.1, -0.05) is 56.3 Å². The summed E-state index contributed by atoms with van der Waals surface area (Å²) in [7, 11) is 1.79. The smallest absolute Gasteiger partial charge is 0.225 e. The summed E-state index contributed by atoms with van der Waals surface area (Å²) in [4.78, 5) is 19.1. The minimum atomic E-state index is 0.0683. The molecule has 3 N–H and O–H groups in total. The quantitative estimate of drug-likeness (QED) is 0.463. The van der Waals surface area contributed by atoms with Crippen LogP contribution in [0.2, 0.25) is 0 Å². The van der Waals surface area contributed by atoms with E-state index in [1.807, 2.05) is 18.2 Å². The average molecular weight is 448 g/mol. The average Bonchev–Trinajstić information content (AvgIpc) is 2.79. The molecule has 1 saturated heterocycles. The molecule has 1 fully saturated rings. The lowest BCUT2D eigenvalue weighted by atomic mass is 9.90. The van der Waals surface area contributed by atoms with Crippen LogP contribution in [0.1, 0.15) is 49.3 Å². The van der Waals surface area contributed by atoms with Crippen LogP contribution in [0, 0.1) is 11.8 Å². The van der Waals surface area contributed by atoms with Crippen molar-refractivity contribution in [2.75, 3.05) is 32.0 Å². The number of hydrogen-bond acceptors (Lipinski definition) is 3. The lowest BCUT2D eigenvalue weighted by Gasteiger charge is -2.35. The van der Waals surface area contributed by atoms with E-state index in [0.29, 0.717) is 13.0 Å². The molecule has 2 aromatic carbocycles. The standard InChI is InChI=1S/C27H37N5O/c1-19-12-20(2)17-32(16-19)18-22-9-5-4-8-21(22)14-29-27(28-3)30-15-23-13-26(33)31-25-11-7-6-10-24(23)25/h4-11,19-20,23H,12-18H2,1-3H3,(H,31,33)(H2,28,29,30). The number of anilines is 1. The van der Waals surface area contributed by atoms with E-state index in [1.54, 1.807) is 7.05 Å². The summed E-state index contributed by atoms with van der Waals surface area (Å²) in [5.74, 6) is 2.47. The van der Waals surface area contributed by atoms with E-state index in [9.17, 15) is 4.79 Å². The van der Waals surface area contributed by atoms with E-state index in [4.69, 9.17) is 0 Å². The second kappa shape index (κ2) is 10.8. The number of likely N-dealkylation sites (tertiary alicyclic amines) is 1. The van der Waals surface area contributed by atoms with E-state index in [-0.39, 0.29) is 11.8 Å². The molecule has 0 aromatic heterocycles. The van der Waals surface area contributed by atoms with Gasteiger partial charge < -0.3 is 16.0 Å². The van der Waals surface area contributed by atoms with Crippen LogP contribution in [-0.4, -0.2) is 43.4 Å². The van der Waals surface area contributed by atoms with Gasteiger partial charge in [-0.3, -0.25) is 14.7 Å². The highest BCUT2D eigenvalue weighted by atomic mass is 16.1. The fourth-order valence-electron chi connectivity index (χ4n) is 5.35. The summed E-state index contributed by atoms with van der Waals surface area (Å²) >= 11 is 0. The molecule has 2 heterocycles. The van der Waals surface area contributed by atoms with Crippen LogP contribution in [0.15, 0.2) is 53.5 Å². The van der Waals surface area contributed by atoms with Crippen molar-refractivity contribution >= 4 is 17.6 Å². The predicted molar refractivity (Wildman–Crippen MR) is 135 cm³/mol. The summed E-state index contributed by atoms with van der Waals surface area (Å²) in [5, 5.41) is 9.87. The van der Waals surface area contributed by atoms with Gasteiger partial charge in [-0.05, 0) is 41.0 Å². The highest BCUT2D eigenvalue weighted by Crippen LogP contribution is 2.31. The molecule has 2 aromatic rings. The Hall–Kier alpha value is -2.86. The normalized spacial score (nSPS) is 23.5. The largest absolute Gasteiger partial charge is 0.356 e. The molecule has 1 amide bonds. The Balaban J connectivity index is 1.35. The summed E-state index contributed by atoms with van der Waals surface area (Å²) in [6, 6.07) is 16.7. The van der Waals surface area contributed by atoms with Crippen molar-refractivity contribution in [1.82, 2.24) is 15.5 Å². The molecule has 6 nitrogen and oxygen atoms in total. The van der Waals surface area contributed by atoms with Crippen molar-refractivity contribution in [3.63, 3.8) is 0 Å². The predicted octanol–water partition coefficient (Wildman–Crippen LogP) is 3.96. The van der Waals surface area contributed by atoms with Gasteiger partial charge >= 0.3 is 0 Å². The number of carbonyl (C=O) groups excluding carboxylic acids is 1. The minimum absolute atomic E-state index is 0.0683. The van der Waals surface area contributed by atoms with Gasteiger partial charge in [0.1, 0.15) is 0 Å². The number of nitrogens with zero attached hydrogens (tertiary/aromatic N) is 2. The number of guanidine groups is 1. The molecule has 2 aliphatic heterocycles. The van der Waals surface area contributed by atoms with Crippen molar-refractivity contribution < 1.29 is 4.79 Å². The minimum Gasteiger partial charge on any atom is -0.356 e. The zero-order chi connectivity index (χ0) is 23.2. The number of fused-ring (bicyclic) bond motifs is 1. The van der Waals surface area contributed by atoms with Crippen molar-refractivity contribution in [3.8, 4) is 0 Å². The number of amides is 1. The zero-order valence-electron chi connectivity index (χ0n) is 20.1. The van der Waals surface area contributed by atoms with E-state index < -0.39 is 0 Å². The van der Waals surface area contributed by atoms with Gasteiger partial charge in [-0.2, -0.15) is 0 Å². The van der Waals surface area contributed by atoms with Gasteiger partial charge in [-0.25, -0.2) is 0 Å². The summed E-state index contributed by atoms with van der Waals surface area (Å²) in [5.41, 5.74) is 4.77. The molecule has 3 atom stereocenters. The van der Waals surface area contributed by atoms with E-state index in [1.165, 1.54) is 36.2 Å². The van der Waals surface area contributed by atoms with E-state index in [2.05, 4.69) is 70.0 Å². The van der Waals surface area contributed by atoms with Gasteiger partial charge in [0.25, 0.3) is 0 Å². The van der Waals surface area contributed by atoms with Gasteiger partial charge in [0, 0.05) is 57.8 Å². The van der Waals surface area contributed by atoms with E-state index >= 15 is 0 Å². The lowest BCUT2D eigenvalue weighted by molar-refractivity contribution is -0.116. The molecule has 6 heteroatoms. The van der Waals surface area contributed by atoms with Crippen molar-refractivity contribution in [2.24, 2.45) is 16.8 Å². The Labute approximate surface area is 197 Å². The van der Waals surface area contributed by atoms with Crippen molar-refractivity contribution in [1.29, 1.82) is 0 Å². The molecular formula is C27H37N5O. The Morgan fingerprint density at radius 3 is 2.48 bits per heavy atom. The van der Waals surface area contributed by atoms with Crippen LogP contribution < -0.4 is 16.0 Å². The number of aliphatic imine (C=N–C) groups is 1. The fraction of sp³-hybridized carbons (Fsp3) is 0.481. The number of nitrogens with one attached hydrogen (secondary N) is 3. The van der Waals surface area contributed by atoms with Crippen LogP contribution in [0.4, 0.5) is 5.69 Å². The number of para-hydroxylation sites is 1. The third-order valence-corrected chi connectivity index (χ3v) is 6.75. The Morgan fingerprint density at radius 1 is 1.03 bits per heavy atom. The van der Waals surface area contributed by atoms with Crippen LogP contribution in [0.25, 0.3) is 0 Å². The second-order valence-electron chi connectivity index (χ2n) is 9.75. The third-order valence-electron chi connectivity index (χ3n) is 6.75. The van der Waals surface area contributed by atoms with Gasteiger partial charge in [0.2, 0.25) is 5.91 Å². The maximum Gasteiger partial charge on any atom is 0.225 e.